The second kappa shape index (κ2) is 6.13. The molecular formula is C32H19N3. The molecule has 3 heteroatoms. The average Bonchev–Trinajstić information content (AvgIpc) is 3.58. The third-order valence-corrected chi connectivity index (χ3v) is 8.10. The van der Waals surface area contributed by atoms with Crippen molar-refractivity contribution in [2.24, 2.45) is 0 Å². The molecule has 0 fully saturated rings. The first kappa shape index (κ1) is 17.9. The fourth-order valence-electron chi connectivity index (χ4n) is 6.62. The fourth-order valence-corrected chi connectivity index (χ4v) is 6.62. The molecule has 0 atom stereocenters. The minimum Gasteiger partial charge on any atom is -0.292 e. The zero-order chi connectivity index (χ0) is 22.7. The van der Waals surface area contributed by atoms with E-state index in [2.05, 4.69) is 88.2 Å². The SMILES string of the molecule is c1ccc2c(c1)Cc1c-2ccc2c1-c1cc3c(cc1C2)c1cnccc1n1c2ccccc2nc31. The van der Waals surface area contributed by atoms with Gasteiger partial charge in [-0.25, -0.2) is 4.98 Å². The molecule has 4 aromatic carbocycles. The normalized spacial score (nSPS) is 13.5. The van der Waals surface area contributed by atoms with Gasteiger partial charge < -0.3 is 0 Å². The molecule has 3 nitrogen and oxygen atoms in total. The van der Waals surface area contributed by atoms with Crippen LogP contribution in [0.25, 0.3) is 60.6 Å². The average molecular weight is 446 g/mol. The maximum absolute atomic E-state index is 5.12. The number of imidazole rings is 1. The van der Waals surface area contributed by atoms with Crippen LogP contribution in [0.5, 0.6) is 0 Å². The van der Waals surface area contributed by atoms with E-state index in [4.69, 9.17) is 4.98 Å². The van der Waals surface area contributed by atoms with Gasteiger partial charge in [0.2, 0.25) is 0 Å². The summed E-state index contributed by atoms with van der Waals surface area (Å²) in [5.41, 5.74) is 15.7. The van der Waals surface area contributed by atoms with Gasteiger partial charge in [0.15, 0.2) is 0 Å². The molecule has 2 aliphatic rings. The Morgan fingerprint density at radius 2 is 1.54 bits per heavy atom. The van der Waals surface area contributed by atoms with Gasteiger partial charge >= 0.3 is 0 Å². The zero-order valence-electron chi connectivity index (χ0n) is 18.9. The molecular weight excluding hydrogens is 426 g/mol. The van der Waals surface area contributed by atoms with Gasteiger partial charge in [-0.15, -0.1) is 0 Å². The van der Waals surface area contributed by atoms with Crippen LogP contribution in [0.15, 0.2) is 91.3 Å². The quantitative estimate of drug-likeness (QED) is 0.229. The molecule has 0 amide bonds. The Balaban J connectivity index is 1.42. The molecule has 0 bridgehead atoms. The first-order chi connectivity index (χ1) is 17.3. The van der Waals surface area contributed by atoms with E-state index in [1.807, 2.05) is 12.4 Å². The van der Waals surface area contributed by atoms with Crippen molar-refractivity contribution >= 4 is 38.4 Å². The lowest BCUT2D eigenvalue weighted by Crippen LogP contribution is -1.94. The van der Waals surface area contributed by atoms with Crippen LogP contribution in [-0.2, 0) is 12.8 Å². The molecule has 35 heavy (non-hydrogen) atoms. The summed E-state index contributed by atoms with van der Waals surface area (Å²) < 4.78 is 2.31. The summed E-state index contributed by atoms with van der Waals surface area (Å²) >= 11 is 0. The van der Waals surface area contributed by atoms with Crippen LogP contribution >= 0.6 is 0 Å². The molecule has 9 rings (SSSR count). The minimum absolute atomic E-state index is 0.980. The molecule has 0 saturated heterocycles. The highest BCUT2D eigenvalue weighted by molar-refractivity contribution is 6.15. The van der Waals surface area contributed by atoms with Gasteiger partial charge in [0.25, 0.3) is 0 Å². The van der Waals surface area contributed by atoms with Gasteiger partial charge in [0, 0.05) is 23.2 Å². The number of fused-ring (bicyclic) bond motifs is 15. The molecule has 0 unspecified atom stereocenters. The van der Waals surface area contributed by atoms with Gasteiger partial charge in [0.1, 0.15) is 5.65 Å². The van der Waals surface area contributed by atoms with E-state index in [-0.39, 0.29) is 0 Å². The number of rotatable bonds is 0. The van der Waals surface area contributed by atoms with E-state index >= 15 is 0 Å². The monoisotopic (exact) mass is 445 g/mol. The summed E-state index contributed by atoms with van der Waals surface area (Å²) in [6.45, 7) is 0. The first-order valence-corrected chi connectivity index (χ1v) is 12.2. The van der Waals surface area contributed by atoms with Gasteiger partial charge in [-0.05, 0) is 93.1 Å². The third kappa shape index (κ3) is 2.17. The highest BCUT2D eigenvalue weighted by Gasteiger charge is 2.29. The maximum Gasteiger partial charge on any atom is 0.146 e. The van der Waals surface area contributed by atoms with E-state index in [1.54, 1.807) is 0 Å². The Labute approximate surface area is 201 Å². The molecule has 2 aliphatic carbocycles. The highest BCUT2D eigenvalue weighted by atomic mass is 15.0. The molecule has 0 spiro atoms. The van der Waals surface area contributed by atoms with E-state index < -0.39 is 0 Å². The lowest BCUT2D eigenvalue weighted by molar-refractivity contribution is 1.23. The molecule has 0 saturated carbocycles. The first-order valence-electron chi connectivity index (χ1n) is 12.2. The third-order valence-electron chi connectivity index (χ3n) is 8.10. The fraction of sp³-hybridized carbons (Fsp3) is 0.0625. The van der Waals surface area contributed by atoms with Crippen LogP contribution in [0, 0.1) is 0 Å². The molecule has 7 aromatic rings. The lowest BCUT2D eigenvalue weighted by atomic mass is 9.94. The number of para-hydroxylation sites is 2. The van der Waals surface area contributed by atoms with Crippen LogP contribution in [0.1, 0.15) is 22.3 Å². The van der Waals surface area contributed by atoms with Crippen molar-refractivity contribution in [3.63, 3.8) is 0 Å². The van der Waals surface area contributed by atoms with Crippen molar-refractivity contribution in [1.29, 1.82) is 0 Å². The minimum atomic E-state index is 0.980. The largest absolute Gasteiger partial charge is 0.292 e. The Hall–Kier alpha value is -4.50. The second-order valence-corrected chi connectivity index (χ2v) is 9.84. The van der Waals surface area contributed by atoms with Gasteiger partial charge in [0.05, 0.1) is 16.6 Å². The Kier molecular flexibility index (Phi) is 3.14. The predicted octanol–water partition coefficient (Wildman–Crippen LogP) is 7.33. The zero-order valence-corrected chi connectivity index (χ0v) is 18.9. The van der Waals surface area contributed by atoms with Gasteiger partial charge in [-0.3, -0.25) is 9.38 Å². The Morgan fingerprint density at radius 3 is 2.54 bits per heavy atom. The number of nitrogens with zero attached hydrogens (tertiary/aromatic N) is 3. The van der Waals surface area contributed by atoms with Crippen molar-refractivity contribution in [3.8, 4) is 22.3 Å². The number of aromatic nitrogens is 3. The lowest BCUT2D eigenvalue weighted by Gasteiger charge is -2.12. The van der Waals surface area contributed by atoms with E-state index in [0.717, 1.165) is 35.0 Å². The molecule has 3 aromatic heterocycles. The van der Waals surface area contributed by atoms with Crippen molar-refractivity contribution in [2.45, 2.75) is 12.8 Å². The molecule has 0 aliphatic heterocycles. The van der Waals surface area contributed by atoms with Crippen LogP contribution in [-0.4, -0.2) is 14.4 Å². The number of hydrogen-bond acceptors (Lipinski definition) is 2. The molecule has 162 valence electrons. The predicted molar refractivity (Wildman–Crippen MR) is 142 cm³/mol. The molecule has 0 radical (unpaired) electrons. The molecule has 0 N–H and O–H groups in total. The van der Waals surface area contributed by atoms with Gasteiger partial charge in [-0.2, -0.15) is 0 Å². The van der Waals surface area contributed by atoms with Crippen molar-refractivity contribution in [3.05, 3.63) is 114 Å². The van der Waals surface area contributed by atoms with E-state index in [1.165, 1.54) is 60.7 Å². The topological polar surface area (TPSA) is 30.2 Å². The van der Waals surface area contributed by atoms with Crippen LogP contribution in [0.3, 0.4) is 0 Å². The Bertz CT molecular complexity index is 2060. The number of benzene rings is 4. The summed E-state index contributed by atoms with van der Waals surface area (Å²) in [4.78, 5) is 9.63. The van der Waals surface area contributed by atoms with E-state index in [9.17, 15) is 0 Å². The van der Waals surface area contributed by atoms with E-state index in [0.29, 0.717) is 0 Å². The van der Waals surface area contributed by atoms with Crippen molar-refractivity contribution in [1.82, 2.24) is 14.4 Å². The molecule has 3 heterocycles. The second-order valence-electron chi connectivity index (χ2n) is 9.84. The summed E-state index contributed by atoms with van der Waals surface area (Å²) in [7, 11) is 0. The Morgan fingerprint density at radius 1 is 0.629 bits per heavy atom. The van der Waals surface area contributed by atoms with Crippen LogP contribution < -0.4 is 0 Å². The van der Waals surface area contributed by atoms with Crippen molar-refractivity contribution < 1.29 is 0 Å². The number of pyridine rings is 2. The highest BCUT2D eigenvalue weighted by Crippen LogP contribution is 2.49. The summed E-state index contributed by atoms with van der Waals surface area (Å²) in [5.74, 6) is 0. The standard InChI is InChI=1S/C32H19N3/c1-2-6-21-18(5-1)14-25-22(21)10-9-19-13-20-15-24-26(16-23(20)31(19)25)32-34-28-7-3-4-8-30(28)35(32)29-11-12-33-17-27(24)29/h1-12,15-17H,13-14H2. The maximum atomic E-state index is 5.12. The smallest absolute Gasteiger partial charge is 0.146 e. The van der Waals surface area contributed by atoms with Crippen LogP contribution in [0.4, 0.5) is 0 Å². The summed E-state index contributed by atoms with van der Waals surface area (Å²) in [5, 5.41) is 3.61. The van der Waals surface area contributed by atoms with Crippen LogP contribution in [0.2, 0.25) is 0 Å². The summed E-state index contributed by atoms with van der Waals surface area (Å²) in [6.07, 6.45) is 5.88. The van der Waals surface area contributed by atoms with Crippen molar-refractivity contribution in [2.75, 3.05) is 0 Å². The summed E-state index contributed by atoms with van der Waals surface area (Å²) in [6, 6.07) is 28.9. The number of hydrogen-bond donors (Lipinski definition) is 0. The van der Waals surface area contributed by atoms with Gasteiger partial charge in [-0.1, -0.05) is 48.5 Å².